The van der Waals surface area contributed by atoms with E-state index in [2.05, 4.69) is 24.2 Å². The normalized spacial score (nSPS) is 13.6. The number of nitrogens with one attached hydrogen (secondary N) is 1. The molecule has 1 N–H and O–H groups in total. The Balaban J connectivity index is 1.48. The summed E-state index contributed by atoms with van der Waals surface area (Å²) in [5, 5.41) is 3.76. The minimum Gasteiger partial charge on any atom is -0.492 e. The number of rotatable bonds is 10. The van der Waals surface area contributed by atoms with Crippen LogP contribution in [0.25, 0.3) is 31.4 Å². The maximum Gasteiger partial charge on any atom is 0.275 e. The Labute approximate surface area is 229 Å². The van der Waals surface area contributed by atoms with Crippen molar-refractivity contribution in [3.63, 3.8) is 0 Å². The van der Waals surface area contributed by atoms with Gasteiger partial charge >= 0.3 is 0 Å². The fraction of sp³-hybridized carbons (Fsp3) is 0.286. The van der Waals surface area contributed by atoms with E-state index in [9.17, 15) is 9.59 Å². The molecule has 0 aliphatic carbocycles. The number of anilines is 1. The topological polar surface area (TPSA) is 87.7 Å². The molecule has 0 fully saturated rings. The maximum absolute atomic E-state index is 12.6. The van der Waals surface area contributed by atoms with E-state index in [0.29, 0.717) is 23.8 Å². The quantitative estimate of drug-likeness (QED) is 0.253. The molecule has 0 atom stereocenters. The van der Waals surface area contributed by atoms with Crippen LogP contribution in [0.5, 0.6) is 5.75 Å². The number of carbonyl (C=O) groups excluding carboxylic acids is 2. The van der Waals surface area contributed by atoms with Gasteiger partial charge in [-0.15, -0.1) is 22.7 Å². The molecule has 1 aliphatic heterocycles. The van der Waals surface area contributed by atoms with Gasteiger partial charge in [0, 0.05) is 23.1 Å². The summed E-state index contributed by atoms with van der Waals surface area (Å²) in [5.41, 5.74) is 5.39. The maximum atomic E-state index is 12.6. The number of carbonyl (C=O) groups is 2. The fourth-order valence-corrected chi connectivity index (χ4v) is 6.19. The number of aromatic nitrogens is 2. The second-order valence-electron chi connectivity index (χ2n) is 8.93. The summed E-state index contributed by atoms with van der Waals surface area (Å²) in [7, 11) is 0. The zero-order valence-corrected chi connectivity index (χ0v) is 23.4. The minimum absolute atomic E-state index is 0.383. The highest BCUT2D eigenvalue weighted by molar-refractivity contribution is 7.22. The lowest BCUT2D eigenvalue weighted by atomic mass is 10.1. The molecule has 1 aromatic carbocycles. The van der Waals surface area contributed by atoms with Crippen molar-refractivity contribution in [2.45, 2.75) is 27.7 Å². The first-order chi connectivity index (χ1) is 18.4. The lowest BCUT2D eigenvalue weighted by molar-refractivity contribution is -0.135. The molecule has 0 radical (unpaired) electrons. The first kappa shape index (κ1) is 26.0. The van der Waals surface area contributed by atoms with Crippen molar-refractivity contribution in [3.8, 4) is 26.9 Å². The van der Waals surface area contributed by atoms with Crippen LogP contribution in [0, 0.1) is 6.92 Å². The summed E-state index contributed by atoms with van der Waals surface area (Å²) < 4.78 is 5.96. The molecule has 0 saturated carbocycles. The van der Waals surface area contributed by atoms with Crippen LogP contribution in [-0.4, -0.2) is 57.9 Å². The SMILES string of the molecule is CCN(CC)CCOc1ccc(-c2sc3nc(-c4cccs4)nc(NN4C(=O)C=C(C)C4=O)c3c2C)cc1. The largest absolute Gasteiger partial charge is 0.492 e. The highest BCUT2D eigenvalue weighted by Crippen LogP contribution is 2.42. The molecule has 0 saturated heterocycles. The fourth-order valence-electron chi connectivity index (χ4n) is 4.35. The highest BCUT2D eigenvalue weighted by atomic mass is 32.1. The number of nitrogens with zero attached hydrogens (tertiary/aromatic N) is 4. The van der Waals surface area contributed by atoms with Gasteiger partial charge in [0.15, 0.2) is 11.6 Å². The average molecular weight is 548 g/mol. The number of fused-ring (bicyclic) bond motifs is 1. The van der Waals surface area contributed by atoms with E-state index in [1.165, 1.54) is 17.4 Å². The number of hydrogen-bond acceptors (Lipinski definition) is 9. The molecule has 10 heteroatoms. The van der Waals surface area contributed by atoms with Gasteiger partial charge in [-0.2, -0.15) is 5.01 Å². The van der Waals surface area contributed by atoms with Crippen LogP contribution in [0.15, 0.2) is 53.4 Å². The van der Waals surface area contributed by atoms with Gasteiger partial charge in [-0.05, 0) is 73.8 Å². The van der Waals surface area contributed by atoms with Gasteiger partial charge in [-0.25, -0.2) is 9.97 Å². The predicted octanol–water partition coefficient (Wildman–Crippen LogP) is 5.76. The molecule has 4 heterocycles. The highest BCUT2D eigenvalue weighted by Gasteiger charge is 2.30. The second-order valence-corrected chi connectivity index (χ2v) is 10.9. The summed E-state index contributed by atoms with van der Waals surface area (Å²) in [5.74, 6) is 1.00. The van der Waals surface area contributed by atoms with E-state index < -0.39 is 5.91 Å². The summed E-state index contributed by atoms with van der Waals surface area (Å²) in [6.45, 7) is 11.5. The first-order valence-electron chi connectivity index (χ1n) is 12.5. The van der Waals surface area contributed by atoms with Crippen LogP contribution in [0.3, 0.4) is 0 Å². The molecule has 0 spiro atoms. The van der Waals surface area contributed by atoms with Crippen LogP contribution in [0.4, 0.5) is 5.82 Å². The van der Waals surface area contributed by atoms with Crippen molar-refractivity contribution < 1.29 is 14.3 Å². The third-order valence-corrected chi connectivity index (χ3v) is 8.64. The zero-order chi connectivity index (χ0) is 26.8. The molecule has 0 unspecified atom stereocenters. The minimum atomic E-state index is -0.415. The third kappa shape index (κ3) is 5.07. The number of ether oxygens (including phenoxy) is 1. The van der Waals surface area contributed by atoms with Crippen LogP contribution in [-0.2, 0) is 9.59 Å². The van der Waals surface area contributed by atoms with E-state index >= 15 is 0 Å². The predicted molar refractivity (Wildman–Crippen MR) is 153 cm³/mol. The van der Waals surface area contributed by atoms with Gasteiger partial charge in [0.2, 0.25) is 0 Å². The Hall–Kier alpha value is -3.60. The lowest BCUT2D eigenvalue weighted by Gasteiger charge is -2.18. The van der Waals surface area contributed by atoms with Crippen LogP contribution < -0.4 is 10.2 Å². The van der Waals surface area contributed by atoms with Crippen molar-refractivity contribution >= 4 is 50.5 Å². The van der Waals surface area contributed by atoms with E-state index in [1.807, 2.05) is 48.7 Å². The zero-order valence-electron chi connectivity index (χ0n) is 21.8. The van der Waals surface area contributed by atoms with Crippen LogP contribution in [0.1, 0.15) is 26.3 Å². The van der Waals surface area contributed by atoms with Crippen LogP contribution in [0.2, 0.25) is 0 Å². The lowest BCUT2D eigenvalue weighted by Crippen LogP contribution is -2.36. The first-order valence-corrected chi connectivity index (χ1v) is 14.2. The molecular weight excluding hydrogens is 518 g/mol. The second kappa shape index (κ2) is 11.0. The number of likely N-dealkylation sites (N-methyl/N-ethyl adjacent to an activating group) is 1. The van der Waals surface area contributed by atoms with Gasteiger partial charge in [0.25, 0.3) is 11.8 Å². The molecule has 3 aromatic heterocycles. The Bertz CT molecular complexity index is 1510. The summed E-state index contributed by atoms with van der Waals surface area (Å²) in [6.07, 6.45) is 1.32. The standard InChI is InChI=1S/C28H29N5O3S2/c1-5-32(6-2)13-14-36-20-11-9-19(10-12-20)24-18(4)23-26(31-33-22(34)16-17(3)28(33)35)29-25(30-27(23)38-24)21-8-7-15-37-21/h7-12,15-16H,5-6,13-14H2,1-4H3,(H,29,30,31). The summed E-state index contributed by atoms with van der Waals surface area (Å²) in [4.78, 5) is 39.7. The van der Waals surface area contributed by atoms with Gasteiger partial charge in [-0.3, -0.25) is 15.0 Å². The van der Waals surface area contributed by atoms with Gasteiger partial charge in [0.05, 0.1) is 10.3 Å². The number of hydrogen-bond donors (Lipinski definition) is 1. The molecule has 8 nitrogen and oxygen atoms in total. The van der Waals surface area contributed by atoms with E-state index in [1.54, 1.807) is 18.3 Å². The van der Waals surface area contributed by atoms with E-state index in [0.717, 1.165) is 61.5 Å². The molecule has 1 aliphatic rings. The monoisotopic (exact) mass is 547 g/mol. The van der Waals surface area contributed by atoms with Crippen molar-refractivity contribution in [2.24, 2.45) is 0 Å². The Kier molecular flexibility index (Phi) is 7.55. The van der Waals surface area contributed by atoms with Crippen molar-refractivity contribution in [3.05, 3.63) is 59.0 Å². The Morgan fingerprint density at radius 1 is 1.05 bits per heavy atom. The number of thiophene rings is 2. The number of hydrazine groups is 1. The van der Waals surface area contributed by atoms with Crippen LogP contribution >= 0.6 is 22.7 Å². The molecule has 0 bridgehead atoms. The Morgan fingerprint density at radius 3 is 2.45 bits per heavy atom. The average Bonchev–Trinajstić information content (AvgIpc) is 3.63. The molecule has 4 aromatic rings. The van der Waals surface area contributed by atoms with Gasteiger partial charge in [0.1, 0.15) is 17.2 Å². The number of imide groups is 1. The van der Waals surface area contributed by atoms with Gasteiger partial charge in [-0.1, -0.05) is 19.9 Å². The molecular formula is C28H29N5O3S2. The van der Waals surface area contributed by atoms with Crippen molar-refractivity contribution in [1.82, 2.24) is 19.9 Å². The Morgan fingerprint density at radius 2 is 1.82 bits per heavy atom. The number of benzene rings is 1. The smallest absolute Gasteiger partial charge is 0.275 e. The van der Waals surface area contributed by atoms with Crippen molar-refractivity contribution in [1.29, 1.82) is 0 Å². The molecule has 196 valence electrons. The molecule has 5 rings (SSSR count). The van der Waals surface area contributed by atoms with E-state index in [-0.39, 0.29) is 5.91 Å². The third-order valence-electron chi connectivity index (χ3n) is 6.54. The number of amides is 2. The van der Waals surface area contributed by atoms with E-state index in [4.69, 9.17) is 14.7 Å². The molecule has 38 heavy (non-hydrogen) atoms. The van der Waals surface area contributed by atoms with Gasteiger partial charge < -0.3 is 9.64 Å². The summed E-state index contributed by atoms with van der Waals surface area (Å²) >= 11 is 3.10. The summed E-state index contributed by atoms with van der Waals surface area (Å²) in [6, 6.07) is 12.0. The number of aryl methyl sites for hydroxylation is 1. The van der Waals surface area contributed by atoms with Crippen molar-refractivity contribution in [2.75, 3.05) is 31.7 Å². The molecule has 2 amide bonds.